The molecule has 1 aromatic heterocycles. The molecule has 0 amide bonds. The second kappa shape index (κ2) is 7.05. The van der Waals surface area contributed by atoms with Crippen LogP contribution in [0.4, 0.5) is 5.13 Å². The number of hydrogen-bond acceptors (Lipinski definition) is 4. The van der Waals surface area contributed by atoms with Crippen molar-refractivity contribution in [3.05, 3.63) is 45.4 Å². The number of thiazole rings is 1. The molecule has 112 valence electrons. The maximum Gasteiger partial charge on any atom is 0.186 e. The predicted octanol–water partition coefficient (Wildman–Crippen LogP) is 4.76. The third-order valence-corrected chi connectivity index (χ3v) is 4.88. The van der Waals surface area contributed by atoms with E-state index < -0.39 is 0 Å². The summed E-state index contributed by atoms with van der Waals surface area (Å²) < 4.78 is 0. The first-order valence-corrected chi connectivity index (χ1v) is 8.16. The first-order chi connectivity index (χ1) is 10.0. The number of rotatable bonds is 6. The lowest BCUT2D eigenvalue weighted by molar-refractivity contribution is 0.112. The van der Waals surface area contributed by atoms with Gasteiger partial charge in [-0.25, -0.2) is 4.98 Å². The number of aldehydes is 1. The van der Waals surface area contributed by atoms with E-state index in [4.69, 9.17) is 11.6 Å². The van der Waals surface area contributed by atoms with Crippen LogP contribution >= 0.6 is 22.9 Å². The summed E-state index contributed by atoms with van der Waals surface area (Å²) >= 11 is 7.35. The van der Waals surface area contributed by atoms with Crippen LogP contribution in [0.5, 0.6) is 0 Å². The molecule has 0 radical (unpaired) electrons. The minimum Gasteiger partial charge on any atom is -0.347 e. The van der Waals surface area contributed by atoms with Gasteiger partial charge in [0.2, 0.25) is 0 Å². The van der Waals surface area contributed by atoms with Crippen molar-refractivity contribution in [2.75, 3.05) is 11.9 Å². The minimum atomic E-state index is 0.305. The Kier molecular flexibility index (Phi) is 5.37. The average Bonchev–Trinajstić information content (AvgIpc) is 2.93. The molecular weight excluding hydrogens is 304 g/mol. The first-order valence-electron chi connectivity index (χ1n) is 6.96. The van der Waals surface area contributed by atoms with E-state index in [1.165, 1.54) is 11.3 Å². The van der Waals surface area contributed by atoms with Crippen LogP contribution in [-0.2, 0) is 6.54 Å². The summed E-state index contributed by atoms with van der Waals surface area (Å²) in [5.74, 6) is 0.305. The second-order valence-electron chi connectivity index (χ2n) is 5.16. The fourth-order valence-electron chi connectivity index (χ4n) is 2.06. The van der Waals surface area contributed by atoms with Crippen molar-refractivity contribution in [1.82, 2.24) is 4.98 Å². The highest BCUT2D eigenvalue weighted by atomic mass is 35.5. The van der Waals surface area contributed by atoms with E-state index in [-0.39, 0.29) is 0 Å². The number of benzene rings is 1. The fourth-order valence-corrected chi connectivity index (χ4v) is 3.14. The molecule has 0 N–H and O–H groups in total. The number of nitrogens with zero attached hydrogens (tertiary/aromatic N) is 2. The van der Waals surface area contributed by atoms with Crippen molar-refractivity contribution in [2.24, 2.45) is 0 Å². The van der Waals surface area contributed by atoms with E-state index in [2.05, 4.69) is 23.7 Å². The molecule has 0 fully saturated rings. The highest BCUT2D eigenvalue weighted by Gasteiger charge is 2.17. The average molecular weight is 323 g/mol. The van der Waals surface area contributed by atoms with Gasteiger partial charge in [-0.1, -0.05) is 48.9 Å². The number of hydrogen-bond donors (Lipinski definition) is 0. The molecule has 2 aromatic rings. The first kappa shape index (κ1) is 16.0. The number of carbonyl (C=O) groups is 1. The van der Waals surface area contributed by atoms with Gasteiger partial charge in [0.15, 0.2) is 11.4 Å². The molecule has 2 rings (SSSR count). The van der Waals surface area contributed by atoms with Crippen LogP contribution in [-0.4, -0.2) is 18.3 Å². The maximum absolute atomic E-state index is 11.2. The molecule has 21 heavy (non-hydrogen) atoms. The predicted molar refractivity (Wildman–Crippen MR) is 89.8 cm³/mol. The summed E-state index contributed by atoms with van der Waals surface area (Å²) in [6, 6.07) is 7.77. The number of aromatic nitrogens is 1. The van der Waals surface area contributed by atoms with Crippen molar-refractivity contribution in [2.45, 2.75) is 32.7 Å². The zero-order chi connectivity index (χ0) is 15.4. The Morgan fingerprint density at radius 2 is 2.05 bits per heavy atom. The monoisotopic (exact) mass is 322 g/mol. The standard InChI is InChI=1S/C16H19ClN2OS/c1-4-11(2)15-14(10-20)21-16(18-15)19(3)9-12-5-7-13(17)8-6-12/h5-8,10-11H,4,9H2,1-3H3. The zero-order valence-corrected chi connectivity index (χ0v) is 14.0. The summed E-state index contributed by atoms with van der Waals surface area (Å²) in [5, 5.41) is 1.61. The topological polar surface area (TPSA) is 33.2 Å². The van der Waals surface area contributed by atoms with Gasteiger partial charge in [-0.05, 0) is 30.0 Å². The maximum atomic E-state index is 11.2. The van der Waals surface area contributed by atoms with Crippen LogP contribution in [0.15, 0.2) is 24.3 Å². The zero-order valence-electron chi connectivity index (χ0n) is 12.5. The molecule has 0 saturated heterocycles. The lowest BCUT2D eigenvalue weighted by atomic mass is 10.0. The van der Waals surface area contributed by atoms with E-state index in [0.29, 0.717) is 5.92 Å². The molecule has 0 aliphatic heterocycles. The van der Waals surface area contributed by atoms with Crippen LogP contribution in [0.3, 0.4) is 0 Å². The quantitative estimate of drug-likeness (QED) is 0.719. The van der Waals surface area contributed by atoms with E-state index >= 15 is 0 Å². The van der Waals surface area contributed by atoms with Crippen LogP contribution in [0.2, 0.25) is 5.02 Å². The SMILES string of the molecule is CCC(C)c1nc(N(C)Cc2ccc(Cl)cc2)sc1C=O. The molecule has 3 nitrogen and oxygen atoms in total. The molecule has 0 aliphatic rings. The number of anilines is 1. The molecule has 0 spiro atoms. The van der Waals surface area contributed by atoms with Crippen molar-refractivity contribution < 1.29 is 4.79 Å². The summed E-state index contributed by atoms with van der Waals surface area (Å²) in [4.78, 5) is 18.7. The molecule has 1 unspecified atom stereocenters. The Bertz CT molecular complexity index is 609. The largest absolute Gasteiger partial charge is 0.347 e. The van der Waals surface area contributed by atoms with Gasteiger partial charge < -0.3 is 4.90 Å². The van der Waals surface area contributed by atoms with E-state index in [9.17, 15) is 4.79 Å². The van der Waals surface area contributed by atoms with Crippen LogP contribution in [0.25, 0.3) is 0 Å². The van der Waals surface area contributed by atoms with Gasteiger partial charge in [0.05, 0.1) is 10.6 Å². The Labute approximate surface area is 134 Å². The Morgan fingerprint density at radius 3 is 2.62 bits per heavy atom. The van der Waals surface area contributed by atoms with Crippen LogP contribution in [0, 0.1) is 0 Å². The van der Waals surface area contributed by atoms with Gasteiger partial charge in [0.1, 0.15) is 0 Å². The van der Waals surface area contributed by atoms with Crippen molar-refractivity contribution >= 4 is 34.4 Å². The van der Waals surface area contributed by atoms with E-state index in [1.54, 1.807) is 0 Å². The van der Waals surface area contributed by atoms with Crippen molar-refractivity contribution in [3.8, 4) is 0 Å². The minimum absolute atomic E-state index is 0.305. The molecule has 0 saturated carbocycles. The van der Waals surface area contributed by atoms with Crippen LogP contribution in [0.1, 0.15) is 47.1 Å². The van der Waals surface area contributed by atoms with E-state index in [1.807, 2.05) is 31.3 Å². The molecule has 0 aliphatic carbocycles. The van der Waals surface area contributed by atoms with Gasteiger partial charge in [0.25, 0.3) is 0 Å². The lowest BCUT2D eigenvalue weighted by Crippen LogP contribution is -2.16. The molecule has 1 aromatic carbocycles. The molecular formula is C16H19ClN2OS. The molecule has 1 heterocycles. The molecule has 1 atom stereocenters. The van der Waals surface area contributed by atoms with Gasteiger partial charge in [-0.2, -0.15) is 0 Å². The summed E-state index contributed by atoms with van der Waals surface area (Å²) in [5.41, 5.74) is 2.07. The normalized spacial score (nSPS) is 12.2. The summed E-state index contributed by atoms with van der Waals surface area (Å²) in [6.07, 6.45) is 1.89. The highest BCUT2D eigenvalue weighted by molar-refractivity contribution is 7.17. The van der Waals surface area contributed by atoms with Gasteiger partial charge in [0, 0.05) is 18.6 Å². The fraction of sp³-hybridized carbons (Fsp3) is 0.375. The van der Waals surface area contributed by atoms with Gasteiger partial charge in [-0.3, -0.25) is 4.79 Å². The summed E-state index contributed by atoms with van der Waals surface area (Å²) in [7, 11) is 1.99. The van der Waals surface area contributed by atoms with Crippen LogP contribution < -0.4 is 4.90 Å². The highest BCUT2D eigenvalue weighted by Crippen LogP contribution is 2.31. The third-order valence-electron chi connectivity index (χ3n) is 3.52. The van der Waals surface area contributed by atoms with Crippen molar-refractivity contribution in [1.29, 1.82) is 0 Å². The third kappa shape index (κ3) is 3.83. The van der Waals surface area contributed by atoms with Crippen molar-refractivity contribution in [3.63, 3.8) is 0 Å². The molecule has 5 heteroatoms. The Hall–Kier alpha value is -1.39. The van der Waals surface area contributed by atoms with Gasteiger partial charge >= 0.3 is 0 Å². The number of carbonyl (C=O) groups excluding carboxylic acids is 1. The second-order valence-corrected chi connectivity index (χ2v) is 6.60. The van der Waals surface area contributed by atoms with E-state index in [0.717, 1.165) is 45.5 Å². The number of halogens is 1. The van der Waals surface area contributed by atoms with Gasteiger partial charge in [-0.15, -0.1) is 0 Å². The summed E-state index contributed by atoms with van der Waals surface area (Å²) in [6.45, 7) is 4.95. The molecule has 0 bridgehead atoms. The smallest absolute Gasteiger partial charge is 0.186 e. The Balaban J connectivity index is 2.19. The lowest BCUT2D eigenvalue weighted by Gasteiger charge is -2.15. The Morgan fingerprint density at radius 1 is 1.38 bits per heavy atom.